The molecule has 0 atom stereocenters. The van der Waals surface area contributed by atoms with E-state index in [1.165, 1.54) is 4.88 Å². The van der Waals surface area contributed by atoms with E-state index in [1.807, 2.05) is 30.6 Å². The van der Waals surface area contributed by atoms with Gasteiger partial charge in [-0.15, -0.1) is 11.3 Å². The molecule has 0 saturated heterocycles. The highest BCUT2D eigenvalue weighted by atomic mass is 32.1. The Morgan fingerprint density at radius 3 is 2.85 bits per heavy atom. The molecule has 0 bridgehead atoms. The van der Waals surface area contributed by atoms with Crippen molar-refractivity contribution in [2.24, 2.45) is 5.73 Å². The van der Waals surface area contributed by atoms with E-state index in [9.17, 15) is 0 Å². The molecule has 5 heteroatoms. The molecule has 0 spiro atoms. The van der Waals surface area contributed by atoms with Crippen LogP contribution in [0.2, 0.25) is 0 Å². The van der Waals surface area contributed by atoms with Crippen LogP contribution in [0.4, 0.5) is 0 Å². The number of benzene rings is 1. The molecule has 0 fully saturated rings. The molecule has 2 N–H and O–H groups in total. The van der Waals surface area contributed by atoms with Crippen molar-refractivity contribution >= 4 is 11.3 Å². The lowest BCUT2D eigenvalue weighted by Gasteiger charge is -2.10. The van der Waals surface area contributed by atoms with Gasteiger partial charge in [-0.2, -0.15) is 0 Å². The summed E-state index contributed by atoms with van der Waals surface area (Å²) in [5.74, 6) is 0.844. The van der Waals surface area contributed by atoms with Crippen molar-refractivity contribution in [3.05, 3.63) is 45.4 Å². The molecule has 1 aromatic heterocycles. The molecule has 2 aromatic rings. The molecule has 0 amide bonds. The topological polar surface area (TPSA) is 57.4 Å². The largest absolute Gasteiger partial charge is 0.496 e. The number of hydrogen-bond donors (Lipinski definition) is 1. The Balaban J connectivity index is 1.88. The maximum Gasteiger partial charge on any atom is 0.124 e. The molecule has 0 aliphatic heterocycles. The molecule has 2 rings (SSSR count). The quantitative estimate of drug-likeness (QED) is 0.797. The van der Waals surface area contributed by atoms with Crippen LogP contribution in [0.25, 0.3) is 0 Å². The Kier molecular flexibility index (Phi) is 5.52. The number of hydrogen-bond acceptors (Lipinski definition) is 5. The first-order chi connectivity index (χ1) is 9.74. The van der Waals surface area contributed by atoms with Gasteiger partial charge in [-0.3, -0.25) is 0 Å². The molecule has 0 aliphatic rings. The Morgan fingerprint density at radius 2 is 2.20 bits per heavy atom. The van der Waals surface area contributed by atoms with Crippen LogP contribution in [0.5, 0.6) is 5.75 Å². The van der Waals surface area contributed by atoms with E-state index in [2.05, 4.69) is 4.98 Å². The smallest absolute Gasteiger partial charge is 0.124 e. The lowest BCUT2D eigenvalue weighted by Crippen LogP contribution is -2.03. The summed E-state index contributed by atoms with van der Waals surface area (Å²) in [6.45, 7) is 3.77. The van der Waals surface area contributed by atoms with Gasteiger partial charge in [-0.1, -0.05) is 6.07 Å². The van der Waals surface area contributed by atoms with E-state index in [0.29, 0.717) is 19.8 Å². The van der Waals surface area contributed by atoms with Gasteiger partial charge in [-0.25, -0.2) is 4.98 Å². The Hall–Kier alpha value is -1.43. The molecule has 0 unspecified atom stereocenters. The third-order valence-corrected chi connectivity index (χ3v) is 4.15. The summed E-state index contributed by atoms with van der Waals surface area (Å²) >= 11 is 1.68. The van der Waals surface area contributed by atoms with E-state index in [0.717, 1.165) is 29.0 Å². The molecule has 0 saturated carbocycles. The predicted molar refractivity (Wildman–Crippen MR) is 81.1 cm³/mol. The van der Waals surface area contributed by atoms with Crippen LogP contribution >= 0.6 is 11.3 Å². The van der Waals surface area contributed by atoms with Crippen LogP contribution in [-0.2, 0) is 24.3 Å². The fraction of sp³-hybridized carbons (Fsp3) is 0.400. The van der Waals surface area contributed by atoms with E-state index < -0.39 is 0 Å². The van der Waals surface area contributed by atoms with Gasteiger partial charge >= 0.3 is 0 Å². The number of thiazole rings is 1. The van der Waals surface area contributed by atoms with Crippen molar-refractivity contribution in [2.75, 3.05) is 13.7 Å². The second-order valence-electron chi connectivity index (χ2n) is 4.51. The number of rotatable bonds is 7. The third kappa shape index (κ3) is 3.79. The monoisotopic (exact) mass is 292 g/mol. The summed E-state index contributed by atoms with van der Waals surface area (Å²) in [6.07, 6.45) is 0.898. The second-order valence-corrected chi connectivity index (χ2v) is 5.45. The first-order valence-electron chi connectivity index (χ1n) is 6.57. The van der Waals surface area contributed by atoms with Crippen LogP contribution in [0, 0.1) is 6.92 Å². The maximum atomic E-state index is 5.75. The van der Waals surface area contributed by atoms with E-state index in [-0.39, 0.29) is 0 Å². The van der Waals surface area contributed by atoms with Gasteiger partial charge < -0.3 is 15.2 Å². The molecule has 0 radical (unpaired) electrons. The zero-order valence-corrected chi connectivity index (χ0v) is 12.7. The van der Waals surface area contributed by atoms with Crippen LogP contribution in [0.3, 0.4) is 0 Å². The van der Waals surface area contributed by atoms with Crippen molar-refractivity contribution in [2.45, 2.75) is 26.5 Å². The van der Waals surface area contributed by atoms with Gasteiger partial charge in [0.25, 0.3) is 0 Å². The molecule has 0 aliphatic carbocycles. The summed E-state index contributed by atoms with van der Waals surface area (Å²) in [6, 6.07) is 5.95. The minimum atomic E-state index is 0.525. The fourth-order valence-electron chi connectivity index (χ4n) is 1.98. The molecule has 4 nitrogen and oxygen atoms in total. The van der Waals surface area contributed by atoms with Crippen molar-refractivity contribution in [3.63, 3.8) is 0 Å². The molecular weight excluding hydrogens is 272 g/mol. The number of aromatic nitrogens is 1. The number of nitrogens with two attached hydrogens (primary N) is 1. The number of aryl methyl sites for hydroxylation is 1. The van der Waals surface area contributed by atoms with Crippen molar-refractivity contribution in [3.8, 4) is 5.75 Å². The van der Waals surface area contributed by atoms with Gasteiger partial charge in [0, 0.05) is 23.4 Å². The van der Waals surface area contributed by atoms with Gasteiger partial charge in [0.1, 0.15) is 5.75 Å². The average molecular weight is 292 g/mol. The Bertz CT molecular complexity index is 555. The van der Waals surface area contributed by atoms with Gasteiger partial charge in [0.05, 0.1) is 31.5 Å². The number of methoxy groups -OCH3 is 1. The summed E-state index contributed by atoms with van der Waals surface area (Å²) in [7, 11) is 1.67. The third-order valence-electron chi connectivity index (χ3n) is 3.16. The first kappa shape index (κ1) is 15.0. The van der Waals surface area contributed by atoms with Gasteiger partial charge in [0.15, 0.2) is 0 Å². The first-order valence-corrected chi connectivity index (χ1v) is 7.45. The maximum absolute atomic E-state index is 5.75. The normalized spacial score (nSPS) is 10.8. The van der Waals surface area contributed by atoms with Gasteiger partial charge in [-0.05, 0) is 24.6 Å². The molecule has 108 valence electrons. The van der Waals surface area contributed by atoms with E-state index in [1.54, 1.807) is 18.4 Å². The summed E-state index contributed by atoms with van der Waals surface area (Å²) in [4.78, 5) is 5.52. The van der Waals surface area contributed by atoms with Crippen molar-refractivity contribution in [1.82, 2.24) is 4.98 Å². The van der Waals surface area contributed by atoms with Crippen LogP contribution in [-0.4, -0.2) is 18.7 Å². The summed E-state index contributed by atoms with van der Waals surface area (Å²) in [5.41, 5.74) is 10.8. The summed E-state index contributed by atoms with van der Waals surface area (Å²) in [5, 5.41) is 0. The highest BCUT2D eigenvalue weighted by molar-refractivity contribution is 7.09. The van der Waals surface area contributed by atoms with Crippen LogP contribution in [0.1, 0.15) is 21.7 Å². The summed E-state index contributed by atoms with van der Waals surface area (Å²) < 4.78 is 11.1. The lowest BCUT2D eigenvalue weighted by molar-refractivity contribution is 0.122. The fourth-order valence-corrected chi connectivity index (χ4v) is 2.75. The minimum absolute atomic E-state index is 0.525. The minimum Gasteiger partial charge on any atom is -0.496 e. The Morgan fingerprint density at radius 1 is 1.35 bits per heavy atom. The Labute approximate surface area is 123 Å². The van der Waals surface area contributed by atoms with Crippen molar-refractivity contribution < 1.29 is 9.47 Å². The standard InChI is InChI=1S/C15H20N2O2S/c1-11-15(20-10-17-11)5-6-19-9-13-7-12(8-16)3-4-14(13)18-2/h3-4,7,10H,5-6,8-9,16H2,1-2H3. The average Bonchev–Trinajstić information content (AvgIpc) is 2.88. The number of nitrogens with zero attached hydrogens (tertiary/aromatic N) is 1. The van der Waals surface area contributed by atoms with E-state index in [4.69, 9.17) is 15.2 Å². The molecular formula is C15H20N2O2S. The molecule has 1 heterocycles. The predicted octanol–water partition coefficient (Wildman–Crippen LogP) is 2.68. The zero-order chi connectivity index (χ0) is 14.4. The molecule has 20 heavy (non-hydrogen) atoms. The van der Waals surface area contributed by atoms with Crippen LogP contribution in [0.15, 0.2) is 23.7 Å². The zero-order valence-electron chi connectivity index (χ0n) is 11.9. The second kappa shape index (κ2) is 7.38. The lowest BCUT2D eigenvalue weighted by atomic mass is 10.1. The van der Waals surface area contributed by atoms with E-state index >= 15 is 0 Å². The van der Waals surface area contributed by atoms with Crippen molar-refractivity contribution in [1.29, 1.82) is 0 Å². The van der Waals surface area contributed by atoms with Gasteiger partial charge in [0.2, 0.25) is 0 Å². The SMILES string of the molecule is COc1ccc(CN)cc1COCCc1scnc1C. The molecule has 1 aromatic carbocycles. The highest BCUT2D eigenvalue weighted by Gasteiger charge is 2.05. The highest BCUT2D eigenvalue weighted by Crippen LogP contribution is 2.21. The van der Waals surface area contributed by atoms with Crippen LogP contribution < -0.4 is 10.5 Å². The number of ether oxygens (including phenoxy) is 2.